The number of ether oxygens (including phenoxy) is 1. The third-order valence-electron chi connectivity index (χ3n) is 2.74. The van der Waals surface area contributed by atoms with E-state index in [1.54, 1.807) is 0 Å². The molecule has 1 unspecified atom stereocenters. The molecule has 1 rings (SSSR count). The van der Waals surface area contributed by atoms with Gasteiger partial charge in [0, 0.05) is 6.07 Å². The first-order chi connectivity index (χ1) is 9.67. The van der Waals surface area contributed by atoms with E-state index in [1.807, 2.05) is 13.8 Å². The highest BCUT2D eigenvalue weighted by Crippen LogP contribution is 2.27. The van der Waals surface area contributed by atoms with E-state index in [2.05, 4.69) is 4.72 Å². The van der Waals surface area contributed by atoms with Crippen molar-refractivity contribution in [3.8, 4) is 5.75 Å². The Labute approximate surface area is 129 Å². The molecule has 118 valence electrons. The van der Waals surface area contributed by atoms with E-state index in [0.717, 1.165) is 0 Å². The first kappa shape index (κ1) is 17.7. The van der Waals surface area contributed by atoms with Gasteiger partial charge < -0.3 is 9.84 Å². The first-order valence-corrected chi connectivity index (χ1v) is 8.12. The van der Waals surface area contributed by atoms with Crippen LogP contribution in [0.4, 0.5) is 0 Å². The molecule has 0 amide bonds. The van der Waals surface area contributed by atoms with Crippen LogP contribution < -0.4 is 9.46 Å². The Balaban J connectivity index is 3.07. The molecule has 1 atom stereocenters. The number of halogens is 1. The Morgan fingerprint density at radius 1 is 1.43 bits per heavy atom. The van der Waals surface area contributed by atoms with Crippen LogP contribution in [-0.2, 0) is 14.8 Å². The van der Waals surface area contributed by atoms with E-state index in [4.69, 9.17) is 21.4 Å². The molecular formula is C13H18ClNO5S. The highest BCUT2D eigenvalue weighted by Gasteiger charge is 2.26. The van der Waals surface area contributed by atoms with E-state index in [0.29, 0.717) is 0 Å². The SMILES string of the molecule is COc1cc(S(=O)(=O)NC(CC(C)C)C(=O)O)ccc1Cl. The van der Waals surface area contributed by atoms with E-state index in [1.165, 1.54) is 25.3 Å². The number of carboxylic acid groups (broad SMARTS) is 1. The first-order valence-electron chi connectivity index (χ1n) is 6.26. The van der Waals surface area contributed by atoms with Gasteiger partial charge in [0.2, 0.25) is 10.0 Å². The summed E-state index contributed by atoms with van der Waals surface area (Å²) >= 11 is 5.84. The number of hydrogen-bond acceptors (Lipinski definition) is 4. The lowest BCUT2D eigenvalue weighted by Crippen LogP contribution is -2.41. The fourth-order valence-electron chi connectivity index (χ4n) is 1.73. The Bertz CT molecular complexity index is 615. The molecule has 0 fully saturated rings. The van der Waals surface area contributed by atoms with Crippen molar-refractivity contribution in [2.45, 2.75) is 31.2 Å². The average molecular weight is 336 g/mol. The molecule has 0 spiro atoms. The molecule has 0 saturated heterocycles. The minimum atomic E-state index is -3.97. The predicted molar refractivity (Wildman–Crippen MR) is 79.2 cm³/mol. The molecular weight excluding hydrogens is 318 g/mol. The maximum absolute atomic E-state index is 12.2. The molecule has 0 aliphatic heterocycles. The summed E-state index contributed by atoms with van der Waals surface area (Å²) < 4.78 is 31.6. The molecule has 0 aliphatic rings. The minimum absolute atomic E-state index is 0.0357. The van der Waals surface area contributed by atoms with Gasteiger partial charge in [-0.3, -0.25) is 4.79 Å². The monoisotopic (exact) mass is 335 g/mol. The summed E-state index contributed by atoms with van der Waals surface area (Å²) in [5.74, 6) is -0.975. The number of hydrogen-bond donors (Lipinski definition) is 2. The number of carbonyl (C=O) groups is 1. The van der Waals surface area contributed by atoms with E-state index in [-0.39, 0.29) is 28.0 Å². The average Bonchev–Trinajstić information content (AvgIpc) is 2.37. The molecule has 1 aromatic rings. The summed E-state index contributed by atoms with van der Waals surface area (Å²) in [6.45, 7) is 3.63. The third kappa shape index (κ3) is 4.87. The fraction of sp³-hybridized carbons (Fsp3) is 0.462. The molecule has 0 heterocycles. The fourth-order valence-corrected chi connectivity index (χ4v) is 3.15. The number of aliphatic carboxylic acids is 1. The van der Waals surface area contributed by atoms with Crippen LogP contribution in [0.3, 0.4) is 0 Å². The Kier molecular flexibility index (Phi) is 6.00. The van der Waals surface area contributed by atoms with Crippen molar-refractivity contribution in [2.24, 2.45) is 5.92 Å². The third-order valence-corrected chi connectivity index (χ3v) is 4.52. The molecule has 8 heteroatoms. The summed E-state index contributed by atoms with van der Waals surface area (Å²) in [5.41, 5.74) is 0. The molecule has 2 N–H and O–H groups in total. The molecule has 0 radical (unpaired) electrons. The van der Waals surface area contributed by atoms with Crippen LogP contribution in [0.15, 0.2) is 23.1 Å². The molecule has 6 nitrogen and oxygen atoms in total. The van der Waals surface area contributed by atoms with Crippen LogP contribution in [-0.4, -0.2) is 32.6 Å². The molecule has 0 saturated carbocycles. The lowest BCUT2D eigenvalue weighted by atomic mass is 10.1. The van der Waals surface area contributed by atoms with Crippen molar-refractivity contribution >= 4 is 27.6 Å². The van der Waals surface area contributed by atoms with Gasteiger partial charge in [-0.15, -0.1) is 0 Å². The Hall–Kier alpha value is -1.31. The zero-order valence-corrected chi connectivity index (χ0v) is 13.5. The maximum Gasteiger partial charge on any atom is 0.321 e. The predicted octanol–water partition coefficient (Wildman–Crippen LogP) is 2.13. The van der Waals surface area contributed by atoms with Crippen LogP contribution in [0.2, 0.25) is 5.02 Å². The molecule has 0 aromatic heterocycles. The van der Waals surface area contributed by atoms with Crippen LogP contribution in [0.1, 0.15) is 20.3 Å². The van der Waals surface area contributed by atoms with Crippen molar-refractivity contribution in [2.75, 3.05) is 7.11 Å². The second kappa shape index (κ2) is 7.11. The zero-order valence-electron chi connectivity index (χ0n) is 12.0. The van der Waals surface area contributed by atoms with Crippen molar-refractivity contribution < 1.29 is 23.1 Å². The van der Waals surface area contributed by atoms with Gasteiger partial charge in [-0.2, -0.15) is 4.72 Å². The topological polar surface area (TPSA) is 92.7 Å². The van der Waals surface area contributed by atoms with Crippen LogP contribution in [0, 0.1) is 5.92 Å². The second-order valence-corrected chi connectivity index (χ2v) is 7.06. The lowest BCUT2D eigenvalue weighted by molar-refractivity contribution is -0.139. The molecule has 21 heavy (non-hydrogen) atoms. The van der Waals surface area contributed by atoms with Gasteiger partial charge in [0.1, 0.15) is 11.8 Å². The van der Waals surface area contributed by atoms with E-state index >= 15 is 0 Å². The van der Waals surface area contributed by atoms with E-state index in [9.17, 15) is 13.2 Å². The van der Waals surface area contributed by atoms with Crippen molar-refractivity contribution in [3.63, 3.8) is 0 Å². The summed E-state index contributed by atoms with van der Waals surface area (Å²) in [6.07, 6.45) is 0.194. The summed E-state index contributed by atoms with van der Waals surface area (Å²) in [6, 6.07) is 2.74. The Morgan fingerprint density at radius 3 is 2.52 bits per heavy atom. The number of benzene rings is 1. The van der Waals surface area contributed by atoms with Gasteiger partial charge in [-0.05, 0) is 24.5 Å². The molecule has 0 aliphatic carbocycles. The van der Waals surface area contributed by atoms with Gasteiger partial charge in [-0.25, -0.2) is 8.42 Å². The zero-order chi connectivity index (χ0) is 16.2. The van der Waals surface area contributed by atoms with Gasteiger partial charge >= 0.3 is 5.97 Å². The van der Waals surface area contributed by atoms with Gasteiger partial charge in [0.05, 0.1) is 17.0 Å². The van der Waals surface area contributed by atoms with Crippen LogP contribution >= 0.6 is 11.6 Å². The quantitative estimate of drug-likeness (QED) is 0.796. The number of rotatable bonds is 7. The summed E-state index contributed by atoms with van der Waals surface area (Å²) in [5, 5.41) is 9.38. The highest BCUT2D eigenvalue weighted by molar-refractivity contribution is 7.89. The van der Waals surface area contributed by atoms with Crippen molar-refractivity contribution in [1.82, 2.24) is 4.72 Å². The number of nitrogens with one attached hydrogen (secondary N) is 1. The lowest BCUT2D eigenvalue weighted by Gasteiger charge is -2.17. The number of carboxylic acids is 1. The number of methoxy groups -OCH3 is 1. The van der Waals surface area contributed by atoms with Crippen LogP contribution in [0.5, 0.6) is 5.75 Å². The largest absolute Gasteiger partial charge is 0.495 e. The van der Waals surface area contributed by atoms with Crippen molar-refractivity contribution in [3.05, 3.63) is 23.2 Å². The second-order valence-electron chi connectivity index (χ2n) is 4.94. The standard InChI is InChI=1S/C13H18ClNO5S/c1-8(2)6-11(13(16)17)15-21(18,19)9-4-5-10(14)12(7-9)20-3/h4-5,7-8,11,15H,6H2,1-3H3,(H,16,17). The van der Waals surface area contributed by atoms with Gasteiger partial charge in [0.25, 0.3) is 0 Å². The number of sulfonamides is 1. The summed E-state index contributed by atoms with van der Waals surface area (Å²) in [7, 11) is -2.60. The van der Waals surface area contributed by atoms with Crippen LogP contribution in [0.25, 0.3) is 0 Å². The minimum Gasteiger partial charge on any atom is -0.495 e. The Morgan fingerprint density at radius 2 is 2.05 bits per heavy atom. The molecule has 0 bridgehead atoms. The maximum atomic E-state index is 12.2. The smallest absolute Gasteiger partial charge is 0.321 e. The molecule has 1 aromatic carbocycles. The highest BCUT2D eigenvalue weighted by atomic mass is 35.5. The normalized spacial score (nSPS) is 13.2. The van der Waals surface area contributed by atoms with Gasteiger partial charge in [-0.1, -0.05) is 25.4 Å². The van der Waals surface area contributed by atoms with E-state index < -0.39 is 22.0 Å². The summed E-state index contributed by atoms with van der Waals surface area (Å²) in [4.78, 5) is 11.1. The van der Waals surface area contributed by atoms with Crippen molar-refractivity contribution in [1.29, 1.82) is 0 Å². The van der Waals surface area contributed by atoms with Gasteiger partial charge in [0.15, 0.2) is 0 Å².